The molecule has 144 valence electrons. The predicted octanol–water partition coefficient (Wildman–Crippen LogP) is 3.33. The van der Waals surface area contributed by atoms with Crippen LogP contribution in [-0.2, 0) is 28.9 Å². The number of ether oxygens (including phenoxy) is 1. The third-order valence-electron chi connectivity index (χ3n) is 5.40. The van der Waals surface area contributed by atoms with Gasteiger partial charge in [-0.05, 0) is 46.7 Å². The van der Waals surface area contributed by atoms with Crippen molar-refractivity contribution in [3.63, 3.8) is 0 Å². The smallest absolute Gasteiger partial charge is 0.228 e. The van der Waals surface area contributed by atoms with Crippen molar-refractivity contribution in [3.8, 4) is 0 Å². The SMILES string of the molecule is CN(C(=O)Cc1[nH]c(=S)n2c1CC(c1c(F)ccc(Br)c1F)C2)C1COC1. The standard InChI is InChI=1S/C18H18BrF2N3O2S/c1-23(10-7-26-8-10)15(25)5-13-14-4-9(6-24(14)18(27)22-13)16-12(20)3-2-11(19)17(16)21/h2-3,9-10H,4-8H2,1H3,(H,22,27). The van der Waals surface area contributed by atoms with E-state index < -0.39 is 11.6 Å². The van der Waals surface area contributed by atoms with Gasteiger partial charge in [-0.2, -0.15) is 0 Å². The third kappa shape index (κ3) is 3.25. The molecule has 2 aliphatic rings. The highest BCUT2D eigenvalue weighted by molar-refractivity contribution is 9.10. The topological polar surface area (TPSA) is 50.3 Å². The van der Waals surface area contributed by atoms with E-state index in [0.717, 1.165) is 11.4 Å². The summed E-state index contributed by atoms with van der Waals surface area (Å²) in [6.07, 6.45) is 0.603. The zero-order valence-corrected chi connectivity index (χ0v) is 17.0. The second kappa shape index (κ2) is 7.10. The molecule has 1 N–H and O–H groups in total. The highest BCUT2D eigenvalue weighted by atomic mass is 79.9. The highest BCUT2D eigenvalue weighted by Gasteiger charge is 2.33. The van der Waals surface area contributed by atoms with Gasteiger partial charge in [-0.25, -0.2) is 8.78 Å². The molecular formula is C18H18BrF2N3O2S. The van der Waals surface area contributed by atoms with E-state index in [1.54, 1.807) is 11.9 Å². The summed E-state index contributed by atoms with van der Waals surface area (Å²) in [5.41, 5.74) is 1.62. The molecule has 1 aromatic carbocycles. The Labute approximate surface area is 168 Å². The lowest BCUT2D eigenvalue weighted by Crippen LogP contribution is -2.50. The van der Waals surface area contributed by atoms with Gasteiger partial charge in [-0.3, -0.25) is 4.79 Å². The van der Waals surface area contributed by atoms with E-state index >= 15 is 0 Å². The quantitative estimate of drug-likeness (QED) is 0.565. The summed E-state index contributed by atoms with van der Waals surface area (Å²) in [6.45, 7) is 1.49. The Hall–Kier alpha value is -1.58. The molecule has 0 saturated carbocycles. The molecule has 5 nitrogen and oxygen atoms in total. The van der Waals surface area contributed by atoms with Crippen LogP contribution in [0.25, 0.3) is 0 Å². The average molecular weight is 458 g/mol. The van der Waals surface area contributed by atoms with Gasteiger partial charge in [0.1, 0.15) is 11.6 Å². The minimum Gasteiger partial charge on any atom is -0.377 e. The first-order valence-corrected chi connectivity index (χ1v) is 9.84. The lowest BCUT2D eigenvalue weighted by atomic mass is 9.95. The van der Waals surface area contributed by atoms with Gasteiger partial charge >= 0.3 is 0 Å². The van der Waals surface area contributed by atoms with Crippen LogP contribution in [0.15, 0.2) is 16.6 Å². The van der Waals surface area contributed by atoms with E-state index in [1.165, 1.54) is 12.1 Å². The number of halogens is 3. The largest absolute Gasteiger partial charge is 0.377 e. The van der Waals surface area contributed by atoms with Crippen molar-refractivity contribution in [3.05, 3.63) is 50.0 Å². The van der Waals surface area contributed by atoms with Crippen LogP contribution in [0, 0.1) is 16.4 Å². The molecule has 4 rings (SSSR count). The number of aromatic nitrogens is 2. The Morgan fingerprint density at radius 3 is 2.85 bits per heavy atom. The van der Waals surface area contributed by atoms with Crippen molar-refractivity contribution >= 4 is 34.1 Å². The van der Waals surface area contributed by atoms with Gasteiger partial charge in [0.15, 0.2) is 4.77 Å². The van der Waals surface area contributed by atoms with Crippen LogP contribution in [0.5, 0.6) is 0 Å². The molecule has 9 heteroatoms. The van der Waals surface area contributed by atoms with Crippen molar-refractivity contribution in [2.24, 2.45) is 0 Å². The molecule has 0 bridgehead atoms. The first-order valence-electron chi connectivity index (χ1n) is 8.64. The van der Waals surface area contributed by atoms with Crippen LogP contribution in [0.3, 0.4) is 0 Å². The van der Waals surface area contributed by atoms with E-state index in [-0.39, 0.29) is 34.3 Å². The Morgan fingerprint density at radius 1 is 1.44 bits per heavy atom. The normalized spacial score (nSPS) is 19.0. The molecule has 3 heterocycles. The van der Waals surface area contributed by atoms with Crippen molar-refractivity contribution < 1.29 is 18.3 Å². The minimum atomic E-state index is -0.581. The first-order chi connectivity index (χ1) is 12.9. The van der Waals surface area contributed by atoms with Crippen molar-refractivity contribution in [2.45, 2.75) is 31.3 Å². The monoisotopic (exact) mass is 457 g/mol. The summed E-state index contributed by atoms with van der Waals surface area (Å²) in [4.78, 5) is 17.3. The van der Waals surface area contributed by atoms with Gasteiger partial charge in [0, 0.05) is 36.5 Å². The second-order valence-electron chi connectivity index (χ2n) is 7.00. The summed E-state index contributed by atoms with van der Waals surface area (Å²) in [5, 5.41) is 0. The number of aromatic amines is 1. The van der Waals surface area contributed by atoms with Crippen molar-refractivity contribution in [2.75, 3.05) is 20.3 Å². The maximum absolute atomic E-state index is 14.5. The number of nitrogens with zero attached hydrogens (tertiary/aromatic N) is 2. The van der Waals surface area contributed by atoms with Crippen LogP contribution in [0.2, 0.25) is 0 Å². The van der Waals surface area contributed by atoms with Crippen molar-refractivity contribution in [1.29, 1.82) is 0 Å². The van der Waals surface area contributed by atoms with Crippen LogP contribution in [-0.4, -0.2) is 46.7 Å². The molecule has 1 saturated heterocycles. The van der Waals surface area contributed by atoms with Gasteiger partial charge in [0.2, 0.25) is 5.91 Å². The van der Waals surface area contributed by atoms with Crippen molar-refractivity contribution in [1.82, 2.24) is 14.5 Å². The zero-order chi connectivity index (χ0) is 19.3. The number of hydrogen-bond acceptors (Lipinski definition) is 3. The maximum Gasteiger partial charge on any atom is 0.228 e. The number of benzene rings is 1. The second-order valence-corrected chi connectivity index (χ2v) is 8.24. The van der Waals surface area contributed by atoms with Crippen LogP contribution >= 0.6 is 28.1 Å². The number of likely N-dealkylation sites (N-methyl/N-ethyl adjacent to an activating group) is 1. The van der Waals surface area contributed by atoms with Gasteiger partial charge in [-0.15, -0.1) is 0 Å². The van der Waals surface area contributed by atoms with Crippen LogP contribution in [0.4, 0.5) is 8.78 Å². The number of H-pyrrole nitrogens is 1. The molecule has 0 spiro atoms. The summed E-state index contributed by atoms with van der Waals surface area (Å²) in [7, 11) is 1.76. The predicted molar refractivity (Wildman–Crippen MR) is 101 cm³/mol. The summed E-state index contributed by atoms with van der Waals surface area (Å²) in [6, 6.07) is 2.73. The molecule has 0 radical (unpaired) electrons. The van der Waals surface area contributed by atoms with E-state index in [2.05, 4.69) is 20.9 Å². The van der Waals surface area contributed by atoms with Gasteiger partial charge < -0.3 is 19.2 Å². The number of carbonyl (C=O) groups is 1. The summed E-state index contributed by atoms with van der Waals surface area (Å²) < 4.78 is 36.5. The number of hydrogen-bond donors (Lipinski definition) is 1. The molecule has 1 amide bonds. The number of amides is 1. The molecule has 1 aromatic heterocycles. The third-order valence-corrected chi connectivity index (χ3v) is 6.33. The average Bonchev–Trinajstić information content (AvgIpc) is 3.11. The molecular weight excluding hydrogens is 440 g/mol. The Bertz CT molecular complexity index is 970. The number of rotatable bonds is 4. The number of carbonyl (C=O) groups excluding carboxylic acids is 1. The fourth-order valence-electron chi connectivity index (χ4n) is 3.68. The molecule has 0 aliphatic carbocycles. The molecule has 1 fully saturated rings. The molecule has 27 heavy (non-hydrogen) atoms. The Balaban J connectivity index is 1.58. The Kier molecular flexibility index (Phi) is 4.94. The zero-order valence-electron chi connectivity index (χ0n) is 14.6. The fourth-order valence-corrected chi connectivity index (χ4v) is 4.34. The van der Waals surface area contributed by atoms with E-state index in [9.17, 15) is 13.6 Å². The Morgan fingerprint density at radius 2 is 2.19 bits per heavy atom. The molecule has 1 atom stereocenters. The number of imidazole rings is 1. The highest BCUT2D eigenvalue weighted by Crippen LogP contribution is 2.36. The lowest BCUT2D eigenvalue weighted by Gasteiger charge is -2.34. The molecule has 2 aromatic rings. The number of fused-ring (bicyclic) bond motifs is 1. The lowest BCUT2D eigenvalue weighted by molar-refractivity contribution is -0.141. The van der Waals surface area contributed by atoms with E-state index in [0.29, 0.717) is 31.0 Å². The van der Waals surface area contributed by atoms with Gasteiger partial charge in [0.25, 0.3) is 0 Å². The maximum atomic E-state index is 14.5. The number of nitrogens with one attached hydrogen (secondary N) is 1. The van der Waals surface area contributed by atoms with Crippen LogP contribution < -0.4 is 0 Å². The van der Waals surface area contributed by atoms with E-state index in [4.69, 9.17) is 17.0 Å². The summed E-state index contributed by atoms with van der Waals surface area (Å²) in [5.74, 6) is -1.54. The van der Waals surface area contributed by atoms with E-state index in [1.807, 2.05) is 4.57 Å². The first kappa shape index (κ1) is 18.8. The molecule has 2 aliphatic heterocycles. The fraction of sp³-hybridized carbons (Fsp3) is 0.444. The van der Waals surface area contributed by atoms with Gasteiger partial charge in [-0.1, -0.05) is 0 Å². The molecule has 1 unspecified atom stereocenters. The summed E-state index contributed by atoms with van der Waals surface area (Å²) >= 11 is 8.48. The van der Waals surface area contributed by atoms with Crippen LogP contribution in [0.1, 0.15) is 22.9 Å². The minimum absolute atomic E-state index is 0.0359. The van der Waals surface area contributed by atoms with Gasteiger partial charge in [0.05, 0.1) is 30.1 Å².